The highest BCUT2D eigenvalue weighted by Crippen LogP contribution is 2.21. The molecular formula is C20H26FN3O4. The molecule has 3 N–H and O–H groups in total. The molecule has 2 aromatic rings. The Morgan fingerprint density at radius 2 is 1.93 bits per heavy atom. The molecule has 0 saturated heterocycles. The lowest BCUT2D eigenvalue weighted by molar-refractivity contribution is 0.102. The summed E-state index contributed by atoms with van der Waals surface area (Å²) < 4.78 is 24.5. The van der Waals surface area contributed by atoms with Crippen molar-refractivity contribution in [3.63, 3.8) is 0 Å². The van der Waals surface area contributed by atoms with Crippen molar-refractivity contribution in [1.82, 2.24) is 5.32 Å². The number of urea groups is 1. The van der Waals surface area contributed by atoms with E-state index in [9.17, 15) is 14.0 Å². The molecule has 0 aliphatic rings. The van der Waals surface area contributed by atoms with Gasteiger partial charge in [0.2, 0.25) is 0 Å². The number of benzene rings is 1. The number of unbranched alkanes of at least 4 members (excludes halogenated alkanes) is 1. The Morgan fingerprint density at radius 1 is 1.14 bits per heavy atom. The van der Waals surface area contributed by atoms with Crippen LogP contribution in [0.15, 0.2) is 34.9 Å². The molecule has 152 valence electrons. The molecule has 0 radical (unpaired) electrons. The van der Waals surface area contributed by atoms with Gasteiger partial charge in [-0.05, 0) is 44.0 Å². The number of carbonyl (C=O) groups excluding carboxylic acids is 2. The van der Waals surface area contributed by atoms with Crippen LogP contribution in [-0.2, 0) is 4.74 Å². The van der Waals surface area contributed by atoms with Crippen LogP contribution < -0.4 is 16.0 Å². The first-order valence-corrected chi connectivity index (χ1v) is 9.29. The van der Waals surface area contributed by atoms with E-state index < -0.39 is 17.8 Å². The molecule has 0 fully saturated rings. The van der Waals surface area contributed by atoms with Crippen molar-refractivity contribution < 1.29 is 23.1 Å². The quantitative estimate of drug-likeness (QED) is 0.526. The van der Waals surface area contributed by atoms with E-state index in [0.29, 0.717) is 36.6 Å². The number of rotatable bonds is 10. The summed E-state index contributed by atoms with van der Waals surface area (Å²) in [5.74, 6) is -0.662. The van der Waals surface area contributed by atoms with Gasteiger partial charge in [-0.1, -0.05) is 13.3 Å². The van der Waals surface area contributed by atoms with Gasteiger partial charge in [0, 0.05) is 25.4 Å². The van der Waals surface area contributed by atoms with E-state index >= 15 is 0 Å². The van der Waals surface area contributed by atoms with Crippen molar-refractivity contribution in [2.45, 2.75) is 33.1 Å². The summed E-state index contributed by atoms with van der Waals surface area (Å²) in [7, 11) is 0. The molecule has 28 heavy (non-hydrogen) atoms. The van der Waals surface area contributed by atoms with Crippen molar-refractivity contribution in [3.8, 4) is 0 Å². The molecule has 0 atom stereocenters. The van der Waals surface area contributed by atoms with Crippen molar-refractivity contribution in [1.29, 1.82) is 0 Å². The Kier molecular flexibility index (Phi) is 8.48. The molecule has 0 spiro atoms. The standard InChI is InChI=1S/C20H26FN3O4/c1-3-4-10-27-11-5-9-22-20(26)23-15-6-7-17(21)18(13-15)24-19(25)16-8-12-28-14(16)2/h6-8,12-13H,3-5,9-11H2,1-2H3,(H,24,25)(H2,22,23,26). The van der Waals surface area contributed by atoms with Crippen molar-refractivity contribution in [3.05, 3.63) is 47.7 Å². The topological polar surface area (TPSA) is 92.6 Å². The number of furan rings is 1. The molecule has 1 heterocycles. The van der Waals surface area contributed by atoms with Crippen LogP contribution in [0.3, 0.4) is 0 Å². The normalized spacial score (nSPS) is 10.5. The Bertz CT molecular complexity index is 792. The third-order valence-electron chi connectivity index (χ3n) is 3.97. The molecule has 0 saturated carbocycles. The van der Waals surface area contributed by atoms with Crippen LogP contribution in [0.2, 0.25) is 0 Å². The third kappa shape index (κ3) is 6.70. The predicted octanol–water partition coefficient (Wildman–Crippen LogP) is 4.31. The largest absolute Gasteiger partial charge is 0.469 e. The van der Waals surface area contributed by atoms with E-state index in [1.807, 2.05) is 0 Å². The summed E-state index contributed by atoms with van der Waals surface area (Å²) in [6.45, 7) is 5.51. The molecule has 2 rings (SSSR count). The average molecular weight is 391 g/mol. The zero-order valence-electron chi connectivity index (χ0n) is 16.1. The molecule has 0 aliphatic carbocycles. The zero-order chi connectivity index (χ0) is 20.4. The van der Waals surface area contributed by atoms with Crippen molar-refractivity contribution in [2.24, 2.45) is 0 Å². The van der Waals surface area contributed by atoms with E-state index in [1.165, 1.54) is 30.5 Å². The molecular weight excluding hydrogens is 365 g/mol. The molecule has 0 aliphatic heterocycles. The number of hydrogen-bond donors (Lipinski definition) is 3. The molecule has 7 nitrogen and oxygen atoms in total. The summed E-state index contributed by atoms with van der Waals surface area (Å²) in [5, 5.41) is 7.80. The van der Waals surface area contributed by atoms with Crippen LogP contribution in [0.5, 0.6) is 0 Å². The van der Waals surface area contributed by atoms with E-state index in [2.05, 4.69) is 22.9 Å². The maximum atomic E-state index is 14.0. The fraction of sp³-hybridized carbons (Fsp3) is 0.400. The van der Waals surface area contributed by atoms with Gasteiger partial charge < -0.3 is 25.1 Å². The lowest BCUT2D eigenvalue weighted by Crippen LogP contribution is -2.30. The smallest absolute Gasteiger partial charge is 0.319 e. The van der Waals surface area contributed by atoms with E-state index in [-0.39, 0.29) is 5.69 Å². The molecule has 3 amide bonds. The predicted molar refractivity (Wildman–Crippen MR) is 105 cm³/mol. The van der Waals surface area contributed by atoms with Gasteiger partial charge in [0.15, 0.2) is 0 Å². The van der Waals surface area contributed by atoms with Gasteiger partial charge in [0.1, 0.15) is 11.6 Å². The molecule has 0 bridgehead atoms. The van der Waals surface area contributed by atoms with Gasteiger partial charge >= 0.3 is 6.03 Å². The van der Waals surface area contributed by atoms with Gasteiger partial charge in [-0.15, -0.1) is 0 Å². The third-order valence-corrected chi connectivity index (χ3v) is 3.97. The number of aryl methyl sites for hydroxylation is 1. The van der Waals surface area contributed by atoms with Crippen molar-refractivity contribution in [2.75, 3.05) is 30.4 Å². The van der Waals surface area contributed by atoms with Crippen LogP contribution in [0.4, 0.5) is 20.6 Å². The minimum Gasteiger partial charge on any atom is -0.469 e. The summed E-state index contributed by atoms with van der Waals surface area (Å²) in [5.41, 5.74) is 0.640. The van der Waals surface area contributed by atoms with Crippen LogP contribution in [0.1, 0.15) is 42.3 Å². The first kappa shape index (κ1) is 21.4. The van der Waals surface area contributed by atoms with Crippen LogP contribution in [-0.4, -0.2) is 31.7 Å². The van der Waals surface area contributed by atoms with E-state index in [4.69, 9.17) is 9.15 Å². The SMILES string of the molecule is CCCCOCCCNC(=O)Nc1ccc(F)c(NC(=O)c2ccoc2C)c1. The highest BCUT2D eigenvalue weighted by molar-refractivity contribution is 6.05. The van der Waals surface area contributed by atoms with E-state index in [0.717, 1.165) is 19.4 Å². The van der Waals surface area contributed by atoms with Gasteiger partial charge in [0.05, 0.1) is 17.5 Å². The van der Waals surface area contributed by atoms with Crippen molar-refractivity contribution >= 4 is 23.3 Å². The number of halogens is 1. The minimum atomic E-state index is -0.607. The second-order valence-corrected chi connectivity index (χ2v) is 6.24. The highest BCUT2D eigenvalue weighted by Gasteiger charge is 2.14. The van der Waals surface area contributed by atoms with Gasteiger partial charge in [-0.25, -0.2) is 9.18 Å². The number of anilines is 2. The van der Waals surface area contributed by atoms with Gasteiger partial charge in [-0.2, -0.15) is 0 Å². The second kappa shape index (κ2) is 11.1. The fourth-order valence-corrected chi connectivity index (χ4v) is 2.41. The average Bonchev–Trinajstić information content (AvgIpc) is 3.10. The fourth-order valence-electron chi connectivity index (χ4n) is 2.41. The number of ether oxygens (including phenoxy) is 1. The number of nitrogens with one attached hydrogen (secondary N) is 3. The first-order valence-electron chi connectivity index (χ1n) is 9.29. The van der Waals surface area contributed by atoms with Crippen LogP contribution in [0.25, 0.3) is 0 Å². The molecule has 1 aromatic heterocycles. The Morgan fingerprint density at radius 3 is 2.64 bits per heavy atom. The molecule has 0 unspecified atom stereocenters. The number of carbonyl (C=O) groups is 2. The second-order valence-electron chi connectivity index (χ2n) is 6.24. The number of amides is 3. The number of hydrogen-bond acceptors (Lipinski definition) is 4. The first-order chi connectivity index (χ1) is 13.5. The lowest BCUT2D eigenvalue weighted by atomic mass is 10.2. The van der Waals surface area contributed by atoms with Crippen LogP contribution in [0, 0.1) is 12.7 Å². The van der Waals surface area contributed by atoms with Gasteiger partial charge in [-0.3, -0.25) is 4.79 Å². The maximum absolute atomic E-state index is 14.0. The van der Waals surface area contributed by atoms with Crippen LogP contribution >= 0.6 is 0 Å². The van der Waals surface area contributed by atoms with Gasteiger partial charge in [0.25, 0.3) is 5.91 Å². The summed E-state index contributed by atoms with van der Waals surface area (Å²) in [6.07, 6.45) is 4.20. The molecule has 1 aromatic carbocycles. The lowest BCUT2D eigenvalue weighted by Gasteiger charge is -2.11. The summed E-state index contributed by atoms with van der Waals surface area (Å²) in [4.78, 5) is 24.1. The zero-order valence-corrected chi connectivity index (χ0v) is 16.1. The monoisotopic (exact) mass is 391 g/mol. The maximum Gasteiger partial charge on any atom is 0.319 e. The Balaban J connectivity index is 1.82. The van der Waals surface area contributed by atoms with E-state index in [1.54, 1.807) is 6.92 Å². The Hall–Kier alpha value is -2.87. The summed E-state index contributed by atoms with van der Waals surface area (Å²) in [6, 6.07) is 5.04. The minimum absolute atomic E-state index is 0.0345. The Labute approximate surface area is 163 Å². The molecule has 8 heteroatoms. The highest BCUT2D eigenvalue weighted by atomic mass is 19.1. The summed E-state index contributed by atoms with van der Waals surface area (Å²) >= 11 is 0.